The summed E-state index contributed by atoms with van der Waals surface area (Å²) in [5.41, 5.74) is 1.38. The van der Waals surface area contributed by atoms with Crippen LogP contribution in [0, 0.1) is 12.7 Å². The molecule has 38 heavy (non-hydrogen) atoms. The van der Waals surface area contributed by atoms with Gasteiger partial charge in [-0.25, -0.2) is 12.8 Å². The number of nitrogens with zero attached hydrogens (tertiary/aromatic N) is 2. The lowest BCUT2D eigenvalue weighted by molar-refractivity contribution is -0.139. The molecule has 0 aliphatic carbocycles. The normalized spacial score (nSPS) is 12.2. The number of carbonyl (C=O) groups is 2. The minimum atomic E-state index is -4.21. The van der Waals surface area contributed by atoms with Gasteiger partial charge in [0.1, 0.15) is 18.4 Å². The van der Waals surface area contributed by atoms with E-state index in [9.17, 15) is 22.4 Å². The van der Waals surface area contributed by atoms with Crippen LogP contribution in [0.15, 0.2) is 77.7 Å². The predicted octanol–water partition coefficient (Wildman–Crippen LogP) is 4.92. The van der Waals surface area contributed by atoms with Gasteiger partial charge >= 0.3 is 0 Å². The molecule has 202 valence electrons. The fourth-order valence-corrected chi connectivity index (χ4v) is 5.31. The van der Waals surface area contributed by atoms with E-state index >= 15 is 0 Å². The van der Waals surface area contributed by atoms with Crippen LogP contribution >= 0.6 is 11.6 Å². The maximum absolute atomic E-state index is 14.5. The molecular weight excluding hydrogens is 529 g/mol. The second-order valence-electron chi connectivity index (χ2n) is 9.25. The van der Waals surface area contributed by atoms with Gasteiger partial charge in [-0.2, -0.15) is 0 Å². The van der Waals surface area contributed by atoms with Gasteiger partial charge in [-0.05, 0) is 70.2 Å². The van der Waals surface area contributed by atoms with Crippen molar-refractivity contribution in [3.8, 4) is 0 Å². The van der Waals surface area contributed by atoms with E-state index in [1.807, 2.05) is 6.92 Å². The van der Waals surface area contributed by atoms with Crippen molar-refractivity contribution < 1.29 is 22.4 Å². The highest BCUT2D eigenvalue weighted by molar-refractivity contribution is 7.92. The molecule has 0 fully saturated rings. The summed E-state index contributed by atoms with van der Waals surface area (Å²) >= 11 is 5.95. The van der Waals surface area contributed by atoms with Crippen LogP contribution in [0.25, 0.3) is 0 Å². The fraction of sp³-hybridized carbons (Fsp3) is 0.286. The van der Waals surface area contributed by atoms with Gasteiger partial charge in [0.05, 0.1) is 10.6 Å². The van der Waals surface area contributed by atoms with E-state index in [4.69, 9.17) is 11.6 Å². The maximum atomic E-state index is 14.5. The van der Waals surface area contributed by atoms with Crippen molar-refractivity contribution in [3.63, 3.8) is 0 Å². The highest BCUT2D eigenvalue weighted by atomic mass is 35.5. The second kappa shape index (κ2) is 12.4. The Morgan fingerprint density at radius 2 is 1.55 bits per heavy atom. The highest BCUT2D eigenvalue weighted by Gasteiger charge is 2.33. The average molecular weight is 560 g/mol. The molecule has 3 aromatic rings. The molecule has 0 saturated carbocycles. The summed E-state index contributed by atoms with van der Waals surface area (Å²) in [7, 11) is -4.21. The van der Waals surface area contributed by atoms with Crippen molar-refractivity contribution in [2.24, 2.45) is 0 Å². The molecule has 3 rings (SSSR count). The van der Waals surface area contributed by atoms with Crippen molar-refractivity contribution in [2.45, 2.75) is 51.2 Å². The number of rotatable bonds is 10. The molecule has 0 spiro atoms. The van der Waals surface area contributed by atoms with E-state index in [1.54, 1.807) is 44.2 Å². The number of carbonyl (C=O) groups excluding carboxylic acids is 2. The summed E-state index contributed by atoms with van der Waals surface area (Å²) in [4.78, 5) is 27.8. The summed E-state index contributed by atoms with van der Waals surface area (Å²) in [6, 6.07) is 17.1. The topological polar surface area (TPSA) is 86.8 Å². The molecule has 0 aromatic heterocycles. The third kappa shape index (κ3) is 7.11. The average Bonchev–Trinajstić information content (AvgIpc) is 2.86. The van der Waals surface area contributed by atoms with Gasteiger partial charge in [-0.1, -0.05) is 47.5 Å². The highest BCUT2D eigenvalue weighted by Crippen LogP contribution is 2.26. The largest absolute Gasteiger partial charge is 0.352 e. The Hall–Kier alpha value is -3.43. The summed E-state index contributed by atoms with van der Waals surface area (Å²) in [6.07, 6.45) is 0. The van der Waals surface area contributed by atoms with Crippen molar-refractivity contribution in [1.29, 1.82) is 0 Å². The molecule has 0 unspecified atom stereocenters. The van der Waals surface area contributed by atoms with Crippen LogP contribution in [-0.2, 0) is 26.2 Å². The zero-order valence-corrected chi connectivity index (χ0v) is 23.3. The van der Waals surface area contributed by atoms with Crippen LogP contribution in [0.1, 0.15) is 31.9 Å². The van der Waals surface area contributed by atoms with Crippen molar-refractivity contribution >= 4 is 39.1 Å². The Balaban J connectivity index is 2.03. The zero-order valence-electron chi connectivity index (χ0n) is 21.7. The quantitative estimate of drug-likeness (QED) is 0.382. The zero-order chi connectivity index (χ0) is 28.0. The first-order valence-corrected chi connectivity index (χ1v) is 13.9. The van der Waals surface area contributed by atoms with E-state index in [-0.39, 0.29) is 28.7 Å². The molecule has 0 aliphatic rings. The molecule has 0 bridgehead atoms. The van der Waals surface area contributed by atoms with E-state index in [0.29, 0.717) is 5.02 Å². The predicted molar refractivity (Wildman–Crippen MR) is 147 cm³/mol. The maximum Gasteiger partial charge on any atom is 0.264 e. The minimum absolute atomic E-state index is 0.0541. The molecule has 1 atom stereocenters. The van der Waals surface area contributed by atoms with Gasteiger partial charge in [0.2, 0.25) is 11.8 Å². The van der Waals surface area contributed by atoms with E-state index in [1.165, 1.54) is 54.3 Å². The fourth-order valence-electron chi connectivity index (χ4n) is 3.77. The first-order valence-electron chi connectivity index (χ1n) is 12.1. The molecule has 2 amide bonds. The minimum Gasteiger partial charge on any atom is -0.352 e. The molecule has 7 nitrogen and oxygen atoms in total. The van der Waals surface area contributed by atoms with Crippen LogP contribution in [-0.4, -0.2) is 43.8 Å². The molecule has 0 radical (unpaired) electrons. The number of anilines is 1. The van der Waals surface area contributed by atoms with Crippen molar-refractivity contribution in [2.75, 3.05) is 10.8 Å². The van der Waals surface area contributed by atoms with Crippen LogP contribution < -0.4 is 9.62 Å². The summed E-state index contributed by atoms with van der Waals surface area (Å²) in [5.74, 6) is -1.64. The lowest BCUT2D eigenvalue weighted by Crippen LogP contribution is -2.52. The van der Waals surface area contributed by atoms with Crippen LogP contribution in [0.4, 0.5) is 10.1 Å². The lowest BCUT2D eigenvalue weighted by atomic mass is 10.1. The number of halogens is 2. The second-order valence-corrected chi connectivity index (χ2v) is 11.6. The Bertz CT molecular complexity index is 1380. The summed E-state index contributed by atoms with van der Waals surface area (Å²) in [6.45, 7) is 6.12. The Kier molecular flexibility index (Phi) is 9.51. The van der Waals surface area contributed by atoms with E-state index < -0.39 is 40.2 Å². The number of aryl methyl sites for hydroxylation is 1. The third-order valence-corrected chi connectivity index (χ3v) is 7.94. The van der Waals surface area contributed by atoms with Gasteiger partial charge in [-0.15, -0.1) is 0 Å². The Morgan fingerprint density at radius 3 is 2.13 bits per heavy atom. The van der Waals surface area contributed by atoms with Crippen LogP contribution in [0.5, 0.6) is 0 Å². The van der Waals surface area contributed by atoms with Gasteiger partial charge in [-0.3, -0.25) is 13.9 Å². The third-order valence-electron chi connectivity index (χ3n) is 5.90. The van der Waals surface area contributed by atoms with E-state index in [2.05, 4.69) is 5.32 Å². The number of nitrogens with one attached hydrogen (secondary N) is 1. The molecule has 0 saturated heterocycles. The monoisotopic (exact) mass is 559 g/mol. The van der Waals surface area contributed by atoms with Gasteiger partial charge in [0, 0.05) is 23.2 Å². The number of amides is 2. The SMILES string of the molecule is Cc1ccc(N(CC(=O)N(Cc2ccccc2F)[C@H](C)C(=O)NC(C)C)S(=O)(=O)c2ccc(Cl)cc2)cc1. The van der Waals surface area contributed by atoms with Gasteiger partial charge < -0.3 is 10.2 Å². The van der Waals surface area contributed by atoms with Crippen molar-refractivity contribution in [3.05, 3.63) is 94.8 Å². The molecular formula is C28H31ClFN3O4S. The molecule has 1 N–H and O–H groups in total. The number of hydrogen-bond donors (Lipinski definition) is 1. The number of benzene rings is 3. The summed E-state index contributed by atoms with van der Waals surface area (Å²) in [5, 5.41) is 3.12. The molecule has 3 aromatic carbocycles. The first-order chi connectivity index (χ1) is 17.9. The Labute approximate surface area is 228 Å². The standard InChI is InChI=1S/C28H31ClFN3O4S/c1-19(2)31-28(35)21(4)32(17-22-7-5-6-8-26(22)30)27(34)18-33(24-13-9-20(3)10-14-24)38(36,37)25-15-11-23(29)12-16-25/h5-16,19,21H,17-18H2,1-4H3,(H,31,35)/t21-/m1/s1. The van der Waals surface area contributed by atoms with Gasteiger partial charge in [0.15, 0.2) is 0 Å². The van der Waals surface area contributed by atoms with Crippen LogP contribution in [0.2, 0.25) is 5.02 Å². The lowest BCUT2D eigenvalue weighted by Gasteiger charge is -2.32. The number of sulfonamides is 1. The molecule has 0 heterocycles. The first kappa shape index (κ1) is 29.1. The molecule has 0 aliphatic heterocycles. The molecule has 10 heteroatoms. The Morgan fingerprint density at radius 1 is 0.947 bits per heavy atom. The van der Waals surface area contributed by atoms with Crippen molar-refractivity contribution in [1.82, 2.24) is 10.2 Å². The van der Waals surface area contributed by atoms with Gasteiger partial charge in [0.25, 0.3) is 10.0 Å². The smallest absolute Gasteiger partial charge is 0.264 e. The summed E-state index contributed by atoms with van der Waals surface area (Å²) < 4.78 is 43.0. The van der Waals surface area contributed by atoms with Crippen LogP contribution in [0.3, 0.4) is 0 Å². The number of hydrogen-bond acceptors (Lipinski definition) is 4. The van der Waals surface area contributed by atoms with E-state index in [0.717, 1.165) is 9.87 Å².